The average Bonchev–Trinajstić information content (AvgIpc) is 3.05. The van der Waals surface area contributed by atoms with E-state index in [1.165, 1.54) is 11.8 Å². The number of benzene rings is 1. The number of nitrogens with zero attached hydrogens (tertiary/aromatic N) is 3. The first-order valence-corrected chi connectivity index (χ1v) is 8.24. The van der Waals surface area contributed by atoms with Crippen LogP contribution in [0.15, 0.2) is 52.1 Å². The van der Waals surface area contributed by atoms with Crippen LogP contribution in [0.5, 0.6) is 0 Å². The summed E-state index contributed by atoms with van der Waals surface area (Å²) in [7, 11) is 1.77. The highest BCUT2D eigenvalue weighted by atomic mass is 32.2. The minimum atomic E-state index is 0.0340. The van der Waals surface area contributed by atoms with Crippen molar-refractivity contribution in [1.82, 2.24) is 14.9 Å². The third-order valence-corrected chi connectivity index (χ3v) is 4.39. The Bertz CT molecular complexity index is 818. The minimum absolute atomic E-state index is 0.0340. The molecule has 0 aliphatic rings. The fourth-order valence-electron chi connectivity index (χ4n) is 2.23. The van der Waals surface area contributed by atoms with Gasteiger partial charge in [0.2, 0.25) is 5.91 Å². The molecule has 0 saturated heterocycles. The van der Waals surface area contributed by atoms with Crippen LogP contribution in [-0.2, 0) is 11.3 Å². The molecule has 3 aromatic rings. The highest BCUT2D eigenvalue weighted by Gasteiger charge is 2.13. The topological polar surface area (TPSA) is 59.2 Å². The predicted octanol–water partition coefficient (Wildman–Crippen LogP) is 3.28. The van der Waals surface area contributed by atoms with E-state index in [1.807, 2.05) is 43.3 Å². The summed E-state index contributed by atoms with van der Waals surface area (Å²) in [6, 6.07) is 11.5. The van der Waals surface area contributed by atoms with Crippen LogP contribution in [0, 0.1) is 6.92 Å². The number of rotatable bonds is 5. The molecule has 2 aromatic heterocycles. The molecule has 0 fully saturated rings. The van der Waals surface area contributed by atoms with E-state index >= 15 is 0 Å². The number of hydrogen-bond acceptors (Lipinski definition) is 5. The van der Waals surface area contributed by atoms with Crippen LogP contribution >= 0.6 is 11.8 Å². The molecule has 5 nitrogen and oxygen atoms in total. The second-order valence-electron chi connectivity index (χ2n) is 5.21. The summed E-state index contributed by atoms with van der Waals surface area (Å²) in [6.07, 6.45) is 1.61. The van der Waals surface area contributed by atoms with Crippen LogP contribution in [0.25, 0.3) is 10.9 Å². The zero-order valence-electron chi connectivity index (χ0n) is 13.0. The number of thioether (sulfide) groups is 1. The van der Waals surface area contributed by atoms with Gasteiger partial charge in [0.1, 0.15) is 16.6 Å². The maximum Gasteiger partial charge on any atom is 0.233 e. The first-order chi connectivity index (χ1) is 11.1. The van der Waals surface area contributed by atoms with Crippen molar-refractivity contribution in [2.24, 2.45) is 0 Å². The lowest BCUT2D eigenvalue weighted by Crippen LogP contribution is -2.27. The summed E-state index contributed by atoms with van der Waals surface area (Å²) in [6.45, 7) is 2.33. The Balaban J connectivity index is 1.69. The molecule has 0 N–H and O–H groups in total. The van der Waals surface area contributed by atoms with Crippen molar-refractivity contribution in [3.8, 4) is 0 Å². The van der Waals surface area contributed by atoms with Gasteiger partial charge in [0.05, 0.1) is 24.1 Å². The minimum Gasteiger partial charge on any atom is -0.467 e. The van der Waals surface area contributed by atoms with Gasteiger partial charge in [-0.05, 0) is 25.1 Å². The highest BCUT2D eigenvalue weighted by molar-refractivity contribution is 8.00. The highest BCUT2D eigenvalue weighted by Crippen LogP contribution is 2.25. The molecule has 0 unspecified atom stereocenters. The summed E-state index contributed by atoms with van der Waals surface area (Å²) in [5, 5.41) is 1.82. The normalized spacial score (nSPS) is 10.9. The standard InChI is InChI=1S/C17H17N3O2S/c1-12-18-15-8-4-3-7-14(15)17(19-12)23-11-16(21)20(2)10-13-6-5-9-22-13/h3-9H,10-11H2,1-2H3. The monoisotopic (exact) mass is 327 g/mol. The number of hydrogen-bond donors (Lipinski definition) is 0. The van der Waals surface area contributed by atoms with Gasteiger partial charge in [-0.2, -0.15) is 0 Å². The van der Waals surface area contributed by atoms with E-state index < -0.39 is 0 Å². The van der Waals surface area contributed by atoms with Gasteiger partial charge in [0, 0.05) is 12.4 Å². The van der Waals surface area contributed by atoms with Crippen molar-refractivity contribution in [3.05, 3.63) is 54.2 Å². The number of carbonyl (C=O) groups excluding carboxylic acids is 1. The Hall–Kier alpha value is -2.34. The molecule has 1 amide bonds. The molecule has 3 rings (SSSR count). The Labute approximate surface area is 138 Å². The fourth-order valence-corrected chi connectivity index (χ4v) is 3.24. The number of carbonyl (C=O) groups is 1. The molecule has 0 spiro atoms. The van der Waals surface area contributed by atoms with E-state index in [1.54, 1.807) is 18.2 Å². The molecular formula is C17H17N3O2S. The van der Waals surface area contributed by atoms with Gasteiger partial charge in [0.25, 0.3) is 0 Å². The smallest absolute Gasteiger partial charge is 0.233 e. The quantitative estimate of drug-likeness (QED) is 0.532. The van der Waals surface area contributed by atoms with Crippen molar-refractivity contribution < 1.29 is 9.21 Å². The van der Waals surface area contributed by atoms with Crippen molar-refractivity contribution >= 4 is 28.6 Å². The van der Waals surface area contributed by atoms with Gasteiger partial charge in [-0.15, -0.1) is 0 Å². The zero-order chi connectivity index (χ0) is 16.2. The van der Waals surface area contributed by atoms with Crippen LogP contribution in [0.4, 0.5) is 0 Å². The SMILES string of the molecule is Cc1nc(SCC(=O)N(C)Cc2ccco2)c2ccccc2n1. The van der Waals surface area contributed by atoms with E-state index in [0.29, 0.717) is 18.1 Å². The summed E-state index contributed by atoms with van der Waals surface area (Å²) in [5.74, 6) is 1.85. The van der Waals surface area contributed by atoms with Crippen LogP contribution in [0.1, 0.15) is 11.6 Å². The Morgan fingerprint density at radius 3 is 2.83 bits per heavy atom. The maximum atomic E-state index is 12.3. The van der Waals surface area contributed by atoms with Crippen molar-refractivity contribution in [2.45, 2.75) is 18.5 Å². The number of aromatic nitrogens is 2. The van der Waals surface area contributed by atoms with Crippen LogP contribution in [-0.4, -0.2) is 33.6 Å². The molecule has 0 bridgehead atoms. The largest absolute Gasteiger partial charge is 0.467 e. The molecule has 6 heteroatoms. The molecule has 1 aromatic carbocycles. The molecule has 0 aliphatic carbocycles. The van der Waals surface area contributed by atoms with Crippen molar-refractivity contribution in [2.75, 3.05) is 12.8 Å². The summed E-state index contributed by atoms with van der Waals surface area (Å²) < 4.78 is 5.27. The Morgan fingerprint density at radius 2 is 2.04 bits per heavy atom. The third kappa shape index (κ3) is 3.71. The predicted molar refractivity (Wildman–Crippen MR) is 90.2 cm³/mol. The molecular weight excluding hydrogens is 310 g/mol. The molecule has 0 radical (unpaired) electrons. The maximum absolute atomic E-state index is 12.3. The van der Waals surface area contributed by atoms with Gasteiger partial charge in [-0.3, -0.25) is 4.79 Å². The number of fused-ring (bicyclic) bond motifs is 1. The third-order valence-electron chi connectivity index (χ3n) is 3.41. The van der Waals surface area contributed by atoms with E-state index in [9.17, 15) is 4.79 Å². The summed E-state index contributed by atoms with van der Waals surface area (Å²) >= 11 is 1.44. The molecule has 0 atom stereocenters. The fraction of sp³-hybridized carbons (Fsp3) is 0.235. The second kappa shape index (κ2) is 6.83. The summed E-state index contributed by atoms with van der Waals surface area (Å²) in [5.41, 5.74) is 0.902. The van der Waals surface area contributed by atoms with Crippen LogP contribution in [0.2, 0.25) is 0 Å². The van der Waals surface area contributed by atoms with Crippen LogP contribution in [0.3, 0.4) is 0 Å². The van der Waals surface area contributed by atoms with E-state index in [4.69, 9.17) is 4.42 Å². The number of furan rings is 1. The van der Waals surface area contributed by atoms with Gasteiger partial charge in [0.15, 0.2) is 0 Å². The Kier molecular flexibility index (Phi) is 4.62. The number of aryl methyl sites for hydroxylation is 1. The van der Waals surface area contributed by atoms with Gasteiger partial charge < -0.3 is 9.32 Å². The number of amides is 1. The lowest BCUT2D eigenvalue weighted by molar-refractivity contribution is -0.127. The second-order valence-corrected chi connectivity index (χ2v) is 6.18. The summed E-state index contributed by atoms with van der Waals surface area (Å²) in [4.78, 5) is 22.8. The van der Waals surface area contributed by atoms with Crippen molar-refractivity contribution in [1.29, 1.82) is 0 Å². The van der Waals surface area contributed by atoms with Crippen LogP contribution < -0.4 is 0 Å². The molecule has 2 heterocycles. The zero-order valence-corrected chi connectivity index (χ0v) is 13.8. The van der Waals surface area contributed by atoms with Crippen molar-refractivity contribution in [3.63, 3.8) is 0 Å². The van der Waals surface area contributed by atoms with E-state index in [0.717, 1.165) is 21.7 Å². The van der Waals surface area contributed by atoms with E-state index in [-0.39, 0.29) is 5.91 Å². The van der Waals surface area contributed by atoms with Gasteiger partial charge >= 0.3 is 0 Å². The molecule has 23 heavy (non-hydrogen) atoms. The molecule has 0 aliphatic heterocycles. The average molecular weight is 327 g/mol. The first-order valence-electron chi connectivity index (χ1n) is 7.26. The lowest BCUT2D eigenvalue weighted by Gasteiger charge is -2.15. The first kappa shape index (κ1) is 15.6. The molecule has 118 valence electrons. The number of para-hydroxylation sites is 1. The lowest BCUT2D eigenvalue weighted by atomic mass is 10.2. The molecule has 0 saturated carbocycles. The van der Waals surface area contributed by atoms with E-state index in [2.05, 4.69) is 9.97 Å². The van der Waals surface area contributed by atoms with Gasteiger partial charge in [-0.1, -0.05) is 30.0 Å². The Morgan fingerprint density at radius 1 is 1.22 bits per heavy atom. The van der Waals surface area contributed by atoms with Gasteiger partial charge in [-0.25, -0.2) is 9.97 Å².